The Bertz CT molecular complexity index is 609. The molecule has 1 rings (SSSR count). The Labute approximate surface area is 146 Å². The zero-order valence-corrected chi connectivity index (χ0v) is 15.2. The van der Waals surface area contributed by atoms with Gasteiger partial charge in [0, 0.05) is 22.8 Å². The number of hydrogen-bond donors (Lipinski definition) is 2. The van der Waals surface area contributed by atoms with Crippen molar-refractivity contribution in [3.63, 3.8) is 0 Å². The van der Waals surface area contributed by atoms with E-state index in [2.05, 4.69) is 5.32 Å². The van der Waals surface area contributed by atoms with Crippen molar-refractivity contribution in [2.24, 2.45) is 5.73 Å². The number of nitrogens with one attached hydrogen (secondary N) is 1. The summed E-state index contributed by atoms with van der Waals surface area (Å²) in [4.78, 5) is 11.7. The molecule has 0 saturated carbocycles. The van der Waals surface area contributed by atoms with Crippen LogP contribution in [0.4, 0.5) is 0 Å². The lowest BCUT2D eigenvalue weighted by Crippen LogP contribution is -2.42. The van der Waals surface area contributed by atoms with E-state index in [1.54, 1.807) is 18.2 Å². The summed E-state index contributed by atoms with van der Waals surface area (Å²) in [7, 11) is -3.12. The average Bonchev–Trinajstić information content (AvgIpc) is 2.37. The van der Waals surface area contributed by atoms with Crippen LogP contribution < -0.4 is 11.1 Å². The van der Waals surface area contributed by atoms with Gasteiger partial charge in [0.1, 0.15) is 9.84 Å². The second kappa shape index (κ2) is 9.57. The molecular weight excluding hydrogens is 371 g/mol. The van der Waals surface area contributed by atoms with E-state index in [1.807, 2.05) is 0 Å². The van der Waals surface area contributed by atoms with Crippen LogP contribution in [0.5, 0.6) is 0 Å². The molecule has 5 nitrogen and oxygen atoms in total. The molecule has 0 aliphatic carbocycles. The summed E-state index contributed by atoms with van der Waals surface area (Å²) < 4.78 is 22.0. The van der Waals surface area contributed by atoms with Gasteiger partial charge in [-0.05, 0) is 30.5 Å². The lowest BCUT2D eigenvalue weighted by atomic mass is 10.1. The van der Waals surface area contributed by atoms with Crippen LogP contribution in [0.15, 0.2) is 18.2 Å². The zero-order valence-electron chi connectivity index (χ0n) is 12.0. The van der Waals surface area contributed by atoms with Crippen LogP contribution >= 0.6 is 35.6 Å². The molecular formula is C13H19Cl3N2O3S. The van der Waals surface area contributed by atoms with E-state index >= 15 is 0 Å². The number of carbonyl (C=O) groups excluding carboxylic acids is 1. The molecule has 0 radical (unpaired) electrons. The molecule has 22 heavy (non-hydrogen) atoms. The van der Waals surface area contributed by atoms with Crippen molar-refractivity contribution in [1.29, 1.82) is 0 Å². The molecule has 0 aliphatic rings. The van der Waals surface area contributed by atoms with Crippen LogP contribution in [0.1, 0.15) is 12.0 Å². The van der Waals surface area contributed by atoms with E-state index in [0.29, 0.717) is 23.0 Å². The molecule has 0 spiro atoms. The predicted molar refractivity (Wildman–Crippen MR) is 92.7 cm³/mol. The van der Waals surface area contributed by atoms with Gasteiger partial charge in [-0.25, -0.2) is 8.42 Å². The van der Waals surface area contributed by atoms with Crippen molar-refractivity contribution in [3.05, 3.63) is 33.8 Å². The molecule has 0 fully saturated rings. The van der Waals surface area contributed by atoms with Gasteiger partial charge < -0.3 is 11.1 Å². The molecule has 0 heterocycles. The molecule has 1 unspecified atom stereocenters. The van der Waals surface area contributed by atoms with Gasteiger partial charge in [-0.3, -0.25) is 4.79 Å². The molecule has 0 saturated heterocycles. The Morgan fingerprint density at radius 1 is 1.36 bits per heavy atom. The topological polar surface area (TPSA) is 89.3 Å². The molecule has 9 heteroatoms. The van der Waals surface area contributed by atoms with Gasteiger partial charge in [-0.2, -0.15) is 0 Å². The van der Waals surface area contributed by atoms with E-state index in [-0.39, 0.29) is 30.5 Å². The molecule has 3 N–H and O–H groups in total. The fourth-order valence-corrected chi connectivity index (χ4v) is 2.83. The van der Waals surface area contributed by atoms with Gasteiger partial charge >= 0.3 is 0 Å². The Kier molecular flexibility index (Phi) is 9.34. The summed E-state index contributed by atoms with van der Waals surface area (Å²) in [6, 6.07) is 4.32. The Balaban J connectivity index is 0.00000441. The maximum absolute atomic E-state index is 11.7. The summed E-state index contributed by atoms with van der Waals surface area (Å²) in [6.07, 6.45) is 1.76. The fourth-order valence-electron chi connectivity index (χ4n) is 1.65. The molecule has 0 aliphatic heterocycles. The summed E-state index contributed by atoms with van der Waals surface area (Å²) >= 11 is 11.8. The van der Waals surface area contributed by atoms with Crippen molar-refractivity contribution in [1.82, 2.24) is 5.32 Å². The van der Waals surface area contributed by atoms with Gasteiger partial charge in [0.05, 0.1) is 11.8 Å². The zero-order chi connectivity index (χ0) is 16.0. The minimum Gasteiger partial charge on any atom is -0.354 e. The molecule has 1 aromatic rings. The first kappa shape index (κ1) is 21.5. The summed E-state index contributed by atoms with van der Waals surface area (Å²) in [5, 5.41) is 3.75. The molecule has 1 aromatic carbocycles. The van der Waals surface area contributed by atoms with Crippen molar-refractivity contribution >= 4 is 51.4 Å². The second-order valence-corrected chi connectivity index (χ2v) is 7.91. The van der Waals surface area contributed by atoms with Crippen molar-refractivity contribution in [2.45, 2.75) is 18.9 Å². The third-order valence-electron chi connectivity index (χ3n) is 2.85. The number of rotatable bonds is 7. The van der Waals surface area contributed by atoms with Gasteiger partial charge in [0.25, 0.3) is 0 Å². The number of amides is 1. The quantitative estimate of drug-likeness (QED) is 0.744. The molecule has 0 bridgehead atoms. The van der Waals surface area contributed by atoms with Crippen molar-refractivity contribution in [2.75, 3.05) is 18.6 Å². The van der Waals surface area contributed by atoms with E-state index in [9.17, 15) is 13.2 Å². The number of nitrogens with two attached hydrogens (primary N) is 1. The first-order valence-corrected chi connectivity index (χ1v) is 9.15. The minimum atomic E-state index is -3.12. The number of halogens is 3. The average molecular weight is 390 g/mol. The van der Waals surface area contributed by atoms with Gasteiger partial charge in [0.15, 0.2) is 0 Å². The molecule has 126 valence electrons. The molecule has 0 aromatic heterocycles. The van der Waals surface area contributed by atoms with Crippen LogP contribution in [-0.4, -0.2) is 38.9 Å². The summed E-state index contributed by atoms with van der Waals surface area (Å²) in [6.45, 7) is 0.368. The first-order valence-electron chi connectivity index (χ1n) is 6.34. The van der Waals surface area contributed by atoms with Crippen LogP contribution in [-0.2, 0) is 21.1 Å². The normalized spacial score (nSPS) is 12.4. The summed E-state index contributed by atoms with van der Waals surface area (Å²) in [5.41, 5.74) is 6.50. The number of carbonyl (C=O) groups is 1. The first-order chi connectivity index (χ1) is 9.69. The van der Waals surface area contributed by atoms with Gasteiger partial charge in [-0.1, -0.05) is 29.3 Å². The summed E-state index contributed by atoms with van der Waals surface area (Å²) in [5.74, 6) is -0.478. The minimum absolute atomic E-state index is 0. The third kappa shape index (κ3) is 8.19. The van der Waals surface area contributed by atoms with Crippen LogP contribution in [0.25, 0.3) is 0 Å². The largest absolute Gasteiger partial charge is 0.354 e. The van der Waals surface area contributed by atoms with Crippen molar-refractivity contribution < 1.29 is 13.2 Å². The Hall–Kier alpha value is -0.530. The Morgan fingerprint density at radius 2 is 2.00 bits per heavy atom. The monoisotopic (exact) mass is 388 g/mol. The lowest BCUT2D eigenvalue weighted by molar-refractivity contribution is -0.122. The highest BCUT2D eigenvalue weighted by Gasteiger charge is 2.15. The van der Waals surface area contributed by atoms with Crippen LogP contribution in [0, 0.1) is 0 Å². The van der Waals surface area contributed by atoms with Gasteiger partial charge in [-0.15, -0.1) is 12.4 Å². The number of hydrogen-bond acceptors (Lipinski definition) is 4. The van der Waals surface area contributed by atoms with E-state index in [1.165, 1.54) is 0 Å². The fraction of sp³-hybridized carbons (Fsp3) is 0.462. The maximum Gasteiger partial charge on any atom is 0.236 e. The standard InChI is InChI=1S/C13H18Cl2N2O3S.ClH/c1-21(19,20)7-5-12(16)13(18)17-6-4-9-2-3-10(14)8-11(9)15;/h2-3,8,12H,4-7,16H2,1H3,(H,17,18);1H. The van der Waals surface area contributed by atoms with Crippen LogP contribution in [0.2, 0.25) is 10.0 Å². The van der Waals surface area contributed by atoms with E-state index < -0.39 is 15.9 Å². The number of sulfone groups is 1. The van der Waals surface area contributed by atoms with Gasteiger partial charge in [0.2, 0.25) is 5.91 Å². The SMILES string of the molecule is CS(=O)(=O)CCC(N)C(=O)NCCc1ccc(Cl)cc1Cl.Cl. The Morgan fingerprint density at radius 3 is 2.55 bits per heavy atom. The highest BCUT2D eigenvalue weighted by atomic mass is 35.5. The maximum atomic E-state index is 11.7. The lowest BCUT2D eigenvalue weighted by Gasteiger charge is -2.12. The second-order valence-electron chi connectivity index (χ2n) is 4.80. The highest BCUT2D eigenvalue weighted by Crippen LogP contribution is 2.20. The van der Waals surface area contributed by atoms with E-state index in [0.717, 1.165) is 11.8 Å². The third-order valence-corrected chi connectivity index (χ3v) is 4.41. The van der Waals surface area contributed by atoms with Crippen molar-refractivity contribution in [3.8, 4) is 0 Å². The predicted octanol–water partition coefficient (Wildman–Crippen LogP) is 1.84. The van der Waals surface area contributed by atoms with E-state index in [4.69, 9.17) is 28.9 Å². The highest BCUT2D eigenvalue weighted by molar-refractivity contribution is 7.90. The number of benzene rings is 1. The smallest absolute Gasteiger partial charge is 0.236 e. The molecule has 1 atom stereocenters. The van der Waals surface area contributed by atoms with Crippen LogP contribution in [0.3, 0.4) is 0 Å². The molecule has 1 amide bonds.